The van der Waals surface area contributed by atoms with Gasteiger partial charge in [-0.2, -0.15) is 10.1 Å². The summed E-state index contributed by atoms with van der Waals surface area (Å²) >= 11 is 0. The highest BCUT2D eigenvalue weighted by Crippen LogP contribution is 2.17. The van der Waals surface area contributed by atoms with Gasteiger partial charge in [0.05, 0.1) is 23.5 Å². The number of hydrogen-bond donors (Lipinski definition) is 2. The average Bonchev–Trinajstić information content (AvgIpc) is 3.04. The summed E-state index contributed by atoms with van der Waals surface area (Å²) in [5.74, 6) is 0.183. The minimum absolute atomic E-state index is 0.124. The van der Waals surface area contributed by atoms with Crippen molar-refractivity contribution in [3.63, 3.8) is 0 Å². The Hall–Kier alpha value is -2.06. The van der Waals surface area contributed by atoms with Gasteiger partial charge >= 0.3 is 0 Å². The third-order valence-corrected chi connectivity index (χ3v) is 3.52. The molecule has 2 aromatic rings. The Bertz CT molecular complexity index is 646. The maximum absolute atomic E-state index is 12.5. The van der Waals surface area contributed by atoms with Crippen LogP contribution in [0.4, 0.5) is 0 Å². The summed E-state index contributed by atoms with van der Waals surface area (Å²) in [6, 6.07) is 0. The van der Waals surface area contributed by atoms with E-state index in [0.717, 1.165) is 0 Å². The van der Waals surface area contributed by atoms with Crippen LogP contribution in [-0.4, -0.2) is 65.9 Å². The molecule has 1 aliphatic heterocycles. The number of amides is 1. The van der Waals surface area contributed by atoms with Crippen molar-refractivity contribution in [1.82, 2.24) is 24.5 Å². The summed E-state index contributed by atoms with van der Waals surface area (Å²) in [6.07, 6.45) is 1.67. The number of aliphatic hydroxyl groups excluding tert-OH is 2. The Morgan fingerprint density at radius 1 is 1.35 bits per heavy atom. The first-order valence-electron chi connectivity index (χ1n) is 6.44. The minimum Gasteiger partial charge on any atom is -0.388 e. The highest BCUT2D eigenvalue weighted by Gasteiger charge is 2.34. The largest absolute Gasteiger partial charge is 0.388 e. The monoisotopic (exact) mass is 277 g/mol. The van der Waals surface area contributed by atoms with Crippen molar-refractivity contribution < 1.29 is 15.0 Å². The van der Waals surface area contributed by atoms with Gasteiger partial charge in [0.1, 0.15) is 6.33 Å². The summed E-state index contributed by atoms with van der Waals surface area (Å²) < 4.78 is 1.54. The van der Waals surface area contributed by atoms with E-state index in [4.69, 9.17) is 0 Å². The normalized spacial score (nSPS) is 22.6. The molecule has 8 nitrogen and oxygen atoms in total. The third-order valence-electron chi connectivity index (χ3n) is 3.52. The molecule has 1 fully saturated rings. The molecule has 0 aromatic carbocycles. The van der Waals surface area contributed by atoms with Crippen molar-refractivity contribution in [2.75, 3.05) is 13.1 Å². The van der Waals surface area contributed by atoms with Crippen LogP contribution in [0.2, 0.25) is 0 Å². The van der Waals surface area contributed by atoms with Crippen molar-refractivity contribution in [2.24, 2.45) is 0 Å². The highest BCUT2D eigenvalue weighted by molar-refractivity contribution is 5.95. The number of aryl methyl sites for hydroxylation is 1. The van der Waals surface area contributed by atoms with Crippen LogP contribution in [0.1, 0.15) is 23.0 Å². The molecule has 0 radical (unpaired) electrons. The molecule has 3 rings (SSSR count). The molecule has 0 saturated carbocycles. The van der Waals surface area contributed by atoms with Gasteiger partial charge in [-0.1, -0.05) is 6.92 Å². The Morgan fingerprint density at radius 2 is 2.05 bits per heavy atom. The molecule has 0 bridgehead atoms. The minimum atomic E-state index is -0.896. The number of carbonyl (C=O) groups excluding carboxylic acids is 1. The zero-order chi connectivity index (χ0) is 14.3. The molecular formula is C12H15N5O3. The predicted octanol–water partition coefficient (Wildman–Crippen LogP) is -1.14. The van der Waals surface area contributed by atoms with Crippen LogP contribution in [0.15, 0.2) is 12.5 Å². The van der Waals surface area contributed by atoms with Crippen LogP contribution in [-0.2, 0) is 6.42 Å². The van der Waals surface area contributed by atoms with Gasteiger partial charge in [-0.3, -0.25) is 4.79 Å². The molecule has 106 valence electrons. The van der Waals surface area contributed by atoms with Crippen molar-refractivity contribution in [1.29, 1.82) is 0 Å². The SMILES string of the molecule is CCc1c(C(=O)N2CC(O)C(O)C2)cnc2ncnn12. The lowest BCUT2D eigenvalue weighted by Crippen LogP contribution is -2.31. The second-order valence-corrected chi connectivity index (χ2v) is 4.79. The smallest absolute Gasteiger partial charge is 0.257 e. The van der Waals surface area contributed by atoms with Crippen molar-refractivity contribution in [2.45, 2.75) is 25.6 Å². The molecule has 8 heteroatoms. The van der Waals surface area contributed by atoms with E-state index in [1.54, 1.807) is 0 Å². The molecule has 2 unspecified atom stereocenters. The van der Waals surface area contributed by atoms with E-state index in [2.05, 4.69) is 15.1 Å². The number of hydrogen-bond acceptors (Lipinski definition) is 6. The number of aliphatic hydroxyl groups is 2. The van der Waals surface area contributed by atoms with Crippen LogP contribution in [0.3, 0.4) is 0 Å². The van der Waals surface area contributed by atoms with Gasteiger partial charge in [-0.15, -0.1) is 0 Å². The fourth-order valence-corrected chi connectivity index (χ4v) is 2.45. The zero-order valence-corrected chi connectivity index (χ0v) is 11.0. The number of β-amino-alcohol motifs (C(OH)–C–C–N with tert-alkyl or cyclic N) is 2. The summed E-state index contributed by atoms with van der Waals surface area (Å²) in [4.78, 5) is 22.0. The molecule has 2 N–H and O–H groups in total. The van der Waals surface area contributed by atoms with Crippen molar-refractivity contribution in [3.05, 3.63) is 23.8 Å². The molecule has 2 atom stereocenters. The Balaban J connectivity index is 1.99. The number of rotatable bonds is 2. The predicted molar refractivity (Wildman–Crippen MR) is 68.1 cm³/mol. The molecular weight excluding hydrogens is 262 g/mol. The molecule has 1 aliphatic rings. The van der Waals surface area contributed by atoms with E-state index in [9.17, 15) is 15.0 Å². The quantitative estimate of drug-likeness (QED) is 0.719. The maximum Gasteiger partial charge on any atom is 0.257 e. The number of nitrogens with zero attached hydrogens (tertiary/aromatic N) is 5. The lowest BCUT2D eigenvalue weighted by atomic mass is 10.1. The first kappa shape index (κ1) is 12.9. The standard InChI is InChI=1S/C12H15N5O3/c1-2-8-7(3-13-12-14-6-15-17(8)12)11(20)16-4-9(18)10(19)5-16/h3,6,9-10,18-19H,2,4-5H2,1H3. The van der Waals surface area contributed by atoms with Crippen LogP contribution in [0, 0.1) is 0 Å². The number of likely N-dealkylation sites (tertiary alicyclic amines) is 1. The fraction of sp³-hybridized carbons (Fsp3) is 0.500. The third kappa shape index (κ3) is 1.93. The average molecular weight is 277 g/mol. The van der Waals surface area contributed by atoms with Gasteiger partial charge in [0.2, 0.25) is 0 Å². The fourth-order valence-electron chi connectivity index (χ4n) is 2.45. The van der Waals surface area contributed by atoms with Gasteiger partial charge in [-0.25, -0.2) is 9.50 Å². The van der Waals surface area contributed by atoms with E-state index in [1.165, 1.54) is 21.9 Å². The maximum atomic E-state index is 12.5. The van der Waals surface area contributed by atoms with E-state index in [1.807, 2.05) is 6.92 Å². The first-order chi connectivity index (χ1) is 9.61. The van der Waals surface area contributed by atoms with Crippen molar-refractivity contribution >= 4 is 11.7 Å². The van der Waals surface area contributed by atoms with Gasteiger partial charge in [0.15, 0.2) is 0 Å². The van der Waals surface area contributed by atoms with E-state index in [-0.39, 0.29) is 19.0 Å². The van der Waals surface area contributed by atoms with Crippen LogP contribution < -0.4 is 0 Å². The molecule has 3 heterocycles. The molecule has 0 aliphatic carbocycles. The zero-order valence-electron chi connectivity index (χ0n) is 11.0. The van der Waals surface area contributed by atoms with E-state index < -0.39 is 12.2 Å². The Morgan fingerprint density at radius 3 is 2.70 bits per heavy atom. The molecule has 1 amide bonds. The molecule has 1 saturated heterocycles. The van der Waals surface area contributed by atoms with Gasteiger partial charge in [0.25, 0.3) is 11.7 Å². The van der Waals surface area contributed by atoms with E-state index >= 15 is 0 Å². The lowest BCUT2D eigenvalue weighted by Gasteiger charge is -2.17. The van der Waals surface area contributed by atoms with Gasteiger partial charge in [0, 0.05) is 19.3 Å². The second-order valence-electron chi connectivity index (χ2n) is 4.79. The van der Waals surface area contributed by atoms with Gasteiger partial charge < -0.3 is 15.1 Å². The summed E-state index contributed by atoms with van der Waals surface area (Å²) in [5, 5.41) is 23.1. The van der Waals surface area contributed by atoms with E-state index in [0.29, 0.717) is 23.5 Å². The Labute approximate surface area is 114 Å². The van der Waals surface area contributed by atoms with Crippen LogP contribution in [0.25, 0.3) is 5.78 Å². The number of carbonyl (C=O) groups is 1. The van der Waals surface area contributed by atoms with Crippen LogP contribution in [0.5, 0.6) is 0 Å². The number of aromatic nitrogens is 4. The summed E-state index contributed by atoms with van der Waals surface area (Å²) in [7, 11) is 0. The Kier molecular flexibility index (Phi) is 3.11. The number of fused-ring (bicyclic) bond motifs is 1. The lowest BCUT2D eigenvalue weighted by molar-refractivity contribution is 0.0572. The second kappa shape index (κ2) is 4.80. The summed E-state index contributed by atoms with van der Waals surface area (Å²) in [5.41, 5.74) is 1.14. The molecule has 20 heavy (non-hydrogen) atoms. The topological polar surface area (TPSA) is 104 Å². The van der Waals surface area contributed by atoms with Crippen LogP contribution >= 0.6 is 0 Å². The first-order valence-corrected chi connectivity index (χ1v) is 6.44. The van der Waals surface area contributed by atoms with Gasteiger partial charge in [-0.05, 0) is 6.42 Å². The highest BCUT2D eigenvalue weighted by atomic mass is 16.3. The molecule has 2 aromatic heterocycles. The summed E-state index contributed by atoms with van der Waals surface area (Å²) in [6.45, 7) is 2.16. The van der Waals surface area contributed by atoms with Crippen molar-refractivity contribution in [3.8, 4) is 0 Å². The molecule has 0 spiro atoms.